The number of hydrogen-bond acceptors (Lipinski definition) is 4. The second-order valence-corrected chi connectivity index (χ2v) is 7.14. The zero-order chi connectivity index (χ0) is 16.7. The summed E-state index contributed by atoms with van der Waals surface area (Å²) in [5, 5.41) is 4.26. The van der Waals surface area contributed by atoms with Crippen molar-refractivity contribution in [1.29, 1.82) is 0 Å². The predicted octanol–water partition coefficient (Wildman–Crippen LogP) is 4.99. The Kier molecular flexibility index (Phi) is 7.08. The summed E-state index contributed by atoms with van der Waals surface area (Å²) in [7, 11) is 0. The van der Waals surface area contributed by atoms with E-state index in [1.165, 1.54) is 11.8 Å². The number of rotatable bonds is 5. The number of hydrogen-bond donors (Lipinski definition) is 1. The van der Waals surface area contributed by atoms with Gasteiger partial charge in [0.25, 0.3) is 0 Å². The maximum atomic E-state index is 5.79. The van der Waals surface area contributed by atoms with E-state index >= 15 is 0 Å². The van der Waals surface area contributed by atoms with Gasteiger partial charge in [-0.25, -0.2) is 0 Å². The van der Waals surface area contributed by atoms with Gasteiger partial charge >= 0.3 is 0 Å². The molecule has 0 aliphatic heterocycles. The van der Waals surface area contributed by atoms with Crippen LogP contribution in [0.15, 0.2) is 58.1 Å². The van der Waals surface area contributed by atoms with Crippen LogP contribution in [-0.2, 0) is 6.61 Å². The van der Waals surface area contributed by atoms with Gasteiger partial charge in [-0.2, -0.15) is 5.10 Å². The van der Waals surface area contributed by atoms with Crippen molar-refractivity contribution in [1.82, 2.24) is 5.43 Å². The lowest BCUT2D eigenvalue weighted by molar-refractivity contribution is 0.306. The monoisotopic (exact) mass is 408 g/mol. The fraction of sp³-hybridized carbons (Fsp3) is 0.176. The van der Waals surface area contributed by atoms with Crippen molar-refractivity contribution >= 4 is 49.9 Å². The molecule has 0 unspecified atom stereocenters. The van der Waals surface area contributed by atoms with Gasteiger partial charge in [0.05, 0.1) is 5.71 Å². The number of nitrogens with one attached hydrogen (secondary N) is 1. The molecule has 2 aromatic carbocycles. The highest BCUT2D eigenvalue weighted by Gasteiger charge is 2.01. The highest BCUT2D eigenvalue weighted by atomic mass is 79.9. The second kappa shape index (κ2) is 9.05. The van der Waals surface area contributed by atoms with Gasteiger partial charge < -0.3 is 4.74 Å². The van der Waals surface area contributed by atoms with Crippen molar-refractivity contribution in [3.63, 3.8) is 0 Å². The highest BCUT2D eigenvalue weighted by molar-refractivity contribution is 9.10. The fourth-order valence-electron chi connectivity index (χ4n) is 1.78. The zero-order valence-corrected chi connectivity index (χ0v) is 16.1. The van der Waals surface area contributed by atoms with E-state index in [1.807, 2.05) is 61.7 Å². The summed E-state index contributed by atoms with van der Waals surface area (Å²) in [6.45, 7) is 2.48. The van der Waals surface area contributed by atoms with Crippen LogP contribution in [0.5, 0.6) is 5.75 Å². The Bertz CT molecular complexity index is 685. The first-order valence-electron chi connectivity index (χ1n) is 6.94. The van der Waals surface area contributed by atoms with Gasteiger partial charge in [0.2, 0.25) is 0 Å². The Morgan fingerprint density at radius 2 is 1.83 bits per heavy atom. The third-order valence-corrected chi connectivity index (χ3v) is 4.67. The lowest BCUT2D eigenvalue weighted by atomic mass is 10.1. The maximum absolute atomic E-state index is 5.79. The van der Waals surface area contributed by atoms with Crippen LogP contribution >= 0.6 is 39.9 Å². The number of ether oxygens (including phenoxy) is 1. The third kappa shape index (κ3) is 5.97. The van der Waals surface area contributed by atoms with Crippen LogP contribution in [-0.4, -0.2) is 16.3 Å². The van der Waals surface area contributed by atoms with Crippen LogP contribution in [0.25, 0.3) is 0 Å². The molecule has 1 N–H and O–H groups in total. The van der Waals surface area contributed by atoms with Gasteiger partial charge in [-0.15, -0.1) is 0 Å². The van der Waals surface area contributed by atoms with E-state index in [-0.39, 0.29) is 0 Å². The van der Waals surface area contributed by atoms with Crippen LogP contribution < -0.4 is 10.2 Å². The summed E-state index contributed by atoms with van der Waals surface area (Å²) in [6, 6.07) is 16.0. The number of thiocarbonyl (C=S) groups is 1. The second-order valence-electron chi connectivity index (χ2n) is 4.74. The zero-order valence-electron chi connectivity index (χ0n) is 12.9. The molecule has 120 valence electrons. The fourth-order valence-corrected chi connectivity index (χ4v) is 2.23. The van der Waals surface area contributed by atoms with Gasteiger partial charge in [0.1, 0.15) is 12.4 Å². The largest absolute Gasteiger partial charge is 0.489 e. The molecule has 0 heterocycles. The van der Waals surface area contributed by atoms with Gasteiger partial charge in [-0.3, -0.25) is 5.43 Å². The third-order valence-electron chi connectivity index (χ3n) is 3.09. The molecule has 6 heteroatoms. The minimum atomic E-state index is 0.545. The molecule has 0 spiro atoms. The standard InChI is InChI=1S/C17H17BrN2OS2/c1-12(19-20-17(22)23-2)14-5-9-16(10-6-14)21-11-13-3-7-15(18)8-4-13/h3-10H,11H2,1-2H3,(H,20,22)/b19-12+. The summed E-state index contributed by atoms with van der Waals surface area (Å²) in [4.78, 5) is 0. The number of nitrogens with zero attached hydrogens (tertiary/aromatic N) is 1. The molecule has 3 nitrogen and oxygen atoms in total. The summed E-state index contributed by atoms with van der Waals surface area (Å²) >= 11 is 9.94. The average molecular weight is 409 g/mol. The molecule has 23 heavy (non-hydrogen) atoms. The van der Waals surface area contributed by atoms with Crippen LogP contribution in [0, 0.1) is 0 Å². The van der Waals surface area contributed by atoms with Crippen molar-refractivity contribution in [2.75, 3.05) is 6.26 Å². The molecule has 0 atom stereocenters. The van der Waals surface area contributed by atoms with Crippen LogP contribution in [0.2, 0.25) is 0 Å². The van der Waals surface area contributed by atoms with Crippen molar-refractivity contribution in [3.05, 3.63) is 64.1 Å². The van der Waals surface area contributed by atoms with E-state index in [9.17, 15) is 0 Å². The van der Waals surface area contributed by atoms with E-state index < -0.39 is 0 Å². The summed E-state index contributed by atoms with van der Waals surface area (Å²) < 4.78 is 7.50. The molecule has 0 bridgehead atoms. The van der Waals surface area contributed by atoms with E-state index in [0.717, 1.165) is 27.1 Å². The molecule has 2 aromatic rings. The lowest BCUT2D eigenvalue weighted by Gasteiger charge is -2.08. The van der Waals surface area contributed by atoms with E-state index in [0.29, 0.717) is 10.9 Å². The van der Waals surface area contributed by atoms with Crippen LogP contribution in [0.3, 0.4) is 0 Å². The first-order chi connectivity index (χ1) is 11.1. The van der Waals surface area contributed by atoms with E-state index in [2.05, 4.69) is 26.5 Å². The molecule has 2 rings (SSSR count). The first kappa shape index (κ1) is 18.0. The lowest BCUT2D eigenvalue weighted by Crippen LogP contribution is -2.13. The smallest absolute Gasteiger partial charge is 0.153 e. The molecule has 0 radical (unpaired) electrons. The Morgan fingerprint density at radius 3 is 2.43 bits per heavy atom. The van der Waals surface area contributed by atoms with Gasteiger partial charge in [-0.1, -0.05) is 52.0 Å². The molecule has 0 aliphatic carbocycles. The molecule has 0 fully saturated rings. The molecule has 0 saturated heterocycles. The number of thioether (sulfide) groups is 1. The topological polar surface area (TPSA) is 33.6 Å². The Labute approximate surface area is 154 Å². The average Bonchev–Trinajstić information content (AvgIpc) is 2.59. The Hall–Kier alpha value is -1.37. The van der Waals surface area contributed by atoms with E-state index in [1.54, 1.807) is 0 Å². The SMILES string of the molecule is CSC(=S)N/N=C(\C)c1ccc(OCc2ccc(Br)cc2)cc1. The van der Waals surface area contributed by atoms with Gasteiger partial charge in [0, 0.05) is 4.47 Å². The van der Waals surface area contributed by atoms with Crippen molar-refractivity contribution < 1.29 is 4.74 Å². The molecule has 0 aliphatic rings. The summed E-state index contributed by atoms with van der Waals surface area (Å²) in [6.07, 6.45) is 1.91. The minimum Gasteiger partial charge on any atom is -0.489 e. The van der Waals surface area contributed by atoms with E-state index in [4.69, 9.17) is 17.0 Å². The molecule has 0 saturated carbocycles. The van der Waals surface area contributed by atoms with Crippen LogP contribution in [0.1, 0.15) is 18.1 Å². The van der Waals surface area contributed by atoms with Gasteiger partial charge in [0.15, 0.2) is 4.32 Å². The van der Waals surface area contributed by atoms with Crippen molar-refractivity contribution in [2.24, 2.45) is 5.10 Å². The maximum Gasteiger partial charge on any atom is 0.153 e. The summed E-state index contributed by atoms with van der Waals surface area (Å²) in [5.74, 6) is 0.831. The summed E-state index contributed by atoms with van der Waals surface area (Å²) in [5.41, 5.74) is 5.87. The first-order valence-corrected chi connectivity index (χ1v) is 9.37. The molecule has 0 amide bonds. The normalized spacial score (nSPS) is 11.2. The quantitative estimate of drug-likeness (QED) is 0.429. The minimum absolute atomic E-state index is 0.545. The Morgan fingerprint density at radius 1 is 1.17 bits per heavy atom. The highest BCUT2D eigenvalue weighted by Crippen LogP contribution is 2.16. The van der Waals surface area contributed by atoms with Crippen molar-refractivity contribution in [2.45, 2.75) is 13.5 Å². The number of halogens is 1. The van der Waals surface area contributed by atoms with Crippen molar-refractivity contribution in [3.8, 4) is 5.75 Å². The molecular weight excluding hydrogens is 392 g/mol. The number of hydrazone groups is 1. The molecular formula is C17H17BrN2OS2. The predicted molar refractivity (Wildman–Crippen MR) is 106 cm³/mol. The molecule has 0 aromatic heterocycles. The van der Waals surface area contributed by atoms with Crippen LogP contribution in [0.4, 0.5) is 0 Å². The number of benzene rings is 2. The van der Waals surface area contributed by atoms with Gasteiger partial charge in [-0.05, 0) is 60.7 Å². The Balaban J connectivity index is 1.93.